The van der Waals surface area contributed by atoms with Crippen LogP contribution in [0.3, 0.4) is 0 Å². The van der Waals surface area contributed by atoms with Gasteiger partial charge in [-0.2, -0.15) is 0 Å². The lowest BCUT2D eigenvalue weighted by atomic mass is 9.97. The Morgan fingerprint density at radius 2 is 1.97 bits per heavy atom. The number of benzene rings is 1. The molecule has 2 saturated heterocycles. The van der Waals surface area contributed by atoms with Crippen molar-refractivity contribution in [3.8, 4) is 5.75 Å². The van der Waals surface area contributed by atoms with Crippen molar-refractivity contribution in [3.63, 3.8) is 0 Å². The Hall–Kier alpha value is -2.36. The lowest BCUT2D eigenvalue weighted by molar-refractivity contribution is -0.242. The van der Waals surface area contributed by atoms with Crippen LogP contribution in [0.5, 0.6) is 5.75 Å². The van der Waals surface area contributed by atoms with Crippen LogP contribution >= 0.6 is 0 Å². The highest BCUT2D eigenvalue weighted by atomic mass is 16.8. The summed E-state index contributed by atoms with van der Waals surface area (Å²) in [5.74, 6) is -0.316. The Bertz CT molecular complexity index is 764. The minimum Gasteiger partial charge on any atom is -0.497 e. The van der Waals surface area contributed by atoms with Crippen molar-refractivity contribution < 1.29 is 28.5 Å². The normalized spacial score (nSPS) is 30.1. The number of carbonyl (C=O) groups excluding carboxylic acids is 1. The van der Waals surface area contributed by atoms with Crippen molar-refractivity contribution in [2.75, 3.05) is 13.7 Å². The quantitative estimate of drug-likeness (QED) is 0.421. The lowest BCUT2D eigenvalue weighted by Gasteiger charge is -2.40. The number of rotatable bonds is 7. The molecule has 1 aromatic carbocycles. The summed E-state index contributed by atoms with van der Waals surface area (Å²) in [6.45, 7) is 5.45. The van der Waals surface area contributed by atoms with Crippen LogP contribution in [0, 0.1) is 0 Å². The summed E-state index contributed by atoms with van der Waals surface area (Å²) >= 11 is 0. The van der Waals surface area contributed by atoms with E-state index in [-0.39, 0.29) is 19.1 Å². The zero-order chi connectivity index (χ0) is 21.0. The Kier molecular flexibility index (Phi) is 6.61. The highest BCUT2D eigenvalue weighted by molar-refractivity contribution is 5.72. The monoisotopic (exact) mass is 406 g/mol. The summed E-state index contributed by atoms with van der Waals surface area (Å²) in [5.41, 5.74) is 9.95. The van der Waals surface area contributed by atoms with Gasteiger partial charge in [-0.05, 0) is 37.1 Å². The highest BCUT2D eigenvalue weighted by Crippen LogP contribution is 2.39. The second-order valence-electron chi connectivity index (χ2n) is 7.40. The number of nitrogens with one attached hydrogen (secondary N) is 1. The van der Waals surface area contributed by atoms with Crippen LogP contribution in [0.15, 0.2) is 29.4 Å². The number of fused-ring (bicyclic) bond motifs is 1. The molecule has 2 aliphatic rings. The molecule has 1 amide bonds. The lowest BCUT2D eigenvalue weighted by Crippen LogP contribution is -2.58. The van der Waals surface area contributed by atoms with Gasteiger partial charge in [0.1, 0.15) is 30.1 Å². The number of carbonyl (C=O) groups is 1. The summed E-state index contributed by atoms with van der Waals surface area (Å²) in [4.78, 5) is 14.3. The summed E-state index contributed by atoms with van der Waals surface area (Å²) in [7, 11) is 1.60. The molecule has 2 fully saturated rings. The number of nitrogens with zero attached hydrogens (tertiary/aromatic N) is 3. The van der Waals surface area contributed by atoms with Gasteiger partial charge in [0, 0.05) is 18.4 Å². The Labute approximate surface area is 169 Å². The molecule has 158 valence electrons. The van der Waals surface area contributed by atoms with E-state index in [1.54, 1.807) is 21.0 Å². The minimum atomic E-state index is -0.874. The molecular formula is C19H26N4O6. The van der Waals surface area contributed by atoms with Crippen LogP contribution in [0.25, 0.3) is 10.4 Å². The van der Waals surface area contributed by atoms with Gasteiger partial charge in [0.25, 0.3) is 0 Å². The molecule has 0 unspecified atom stereocenters. The van der Waals surface area contributed by atoms with E-state index in [2.05, 4.69) is 15.3 Å². The van der Waals surface area contributed by atoms with E-state index < -0.39 is 36.4 Å². The molecule has 10 heteroatoms. The van der Waals surface area contributed by atoms with E-state index in [1.807, 2.05) is 24.3 Å². The second-order valence-corrected chi connectivity index (χ2v) is 7.40. The van der Waals surface area contributed by atoms with E-state index in [9.17, 15) is 4.79 Å². The zero-order valence-corrected chi connectivity index (χ0v) is 16.9. The van der Waals surface area contributed by atoms with Gasteiger partial charge in [0.2, 0.25) is 5.91 Å². The number of methoxy groups -OCH3 is 1. The molecule has 0 bridgehead atoms. The molecule has 0 saturated carbocycles. The maximum absolute atomic E-state index is 11.4. The Morgan fingerprint density at radius 3 is 2.59 bits per heavy atom. The van der Waals surface area contributed by atoms with Gasteiger partial charge in [-0.3, -0.25) is 4.79 Å². The fourth-order valence-corrected chi connectivity index (χ4v) is 3.48. The summed E-state index contributed by atoms with van der Waals surface area (Å²) in [5, 5.41) is 6.60. The molecule has 5 atom stereocenters. The van der Waals surface area contributed by atoms with E-state index >= 15 is 0 Å². The second kappa shape index (κ2) is 8.98. The Morgan fingerprint density at radius 1 is 1.28 bits per heavy atom. The van der Waals surface area contributed by atoms with Gasteiger partial charge in [-0.15, -0.1) is 0 Å². The standard InChI is InChI=1S/C19H26N4O6/c1-11(24)21-9-14-16-17(29-19(2,3)28-16)15(22-23-20)18(27-14)26-10-12-5-7-13(25-4)8-6-12/h5-8,14-18H,9-10H2,1-4H3,(H,21,24)/t14-,15-,16+,17-,18+/m1/s1. The molecule has 0 spiro atoms. The summed E-state index contributed by atoms with van der Waals surface area (Å²) < 4.78 is 29.1. The molecule has 0 aliphatic carbocycles. The van der Waals surface area contributed by atoms with Crippen LogP contribution in [0.2, 0.25) is 0 Å². The van der Waals surface area contributed by atoms with E-state index in [0.717, 1.165) is 11.3 Å². The fourth-order valence-electron chi connectivity index (χ4n) is 3.48. The zero-order valence-electron chi connectivity index (χ0n) is 16.9. The maximum atomic E-state index is 11.4. The fraction of sp³-hybridized carbons (Fsp3) is 0.632. The third-order valence-corrected chi connectivity index (χ3v) is 4.76. The molecule has 3 rings (SSSR count). The number of hydrogen-bond acceptors (Lipinski definition) is 7. The van der Waals surface area contributed by atoms with Gasteiger partial charge >= 0.3 is 0 Å². The summed E-state index contributed by atoms with van der Waals surface area (Å²) in [6, 6.07) is 6.67. The third kappa shape index (κ3) is 5.17. The van der Waals surface area contributed by atoms with Crippen LogP contribution in [0.4, 0.5) is 0 Å². The van der Waals surface area contributed by atoms with Crippen molar-refractivity contribution >= 4 is 5.91 Å². The number of azide groups is 1. The summed E-state index contributed by atoms with van der Waals surface area (Å²) in [6.07, 6.45) is -2.44. The topological polar surface area (TPSA) is 124 Å². The van der Waals surface area contributed by atoms with Crippen molar-refractivity contribution in [2.24, 2.45) is 5.11 Å². The molecular weight excluding hydrogens is 380 g/mol. The first kappa shape index (κ1) is 21.4. The van der Waals surface area contributed by atoms with Gasteiger partial charge in [-0.1, -0.05) is 17.2 Å². The van der Waals surface area contributed by atoms with Crippen molar-refractivity contribution in [1.29, 1.82) is 0 Å². The molecule has 2 heterocycles. The molecule has 1 N–H and O–H groups in total. The third-order valence-electron chi connectivity index (χ3n) is 4.76. The molecule has 29 heavy (non-hydrogen) atoms. The first-order valence-corrected chi connectivity index (χ1v) is 9.37. The van der Waals surface area contributed by atoms with Gasteiger partial charge in [0.05, 0.1) is 13.7 Å². The van der Waals surface area contributed by atoms with Gasteiger partial charge in [0.15, 0.2) is 12.1 Å². The predicted molar refractivity (Wildman–Crippen MR) is 102 cm³/mol. The van der Waals surface area contributed by atoms with Crippen LogP contribution in [0.1, 0.15) is 26.3 Å². The van der Waals surface area contributed by atoms with Crippen molar-refractivity contribution in [2.45, 2.75) is 63.8 Å². The van der Waals surface area contributed by atoms with E-state index in [0.29, 0.717) is 0 Å². The first-order valence-electron chi connectivity index (χ1n) is 9.37. The molecule has 1 aromatic rings. The molecule has 0 aromatic heterocycles. The number of ether oxygens (including phenoxy) is 5. The minimum absolute atomic E-state index is 0.184. The highest BCUT2D eigenvalue weighted by Gasteiger charge is 2.55. The molecule has 2 aliphatic heterocycles. The number of hydrogen-bond donors (Lipinski definition) is 1. The maximum Gasteiger partial charge on any atom is 0.216 e. The smallest absolute Gasteiger partial charge is 0.216 e. The van der Waals surface area contributed by atoms with Crippen LogP contribution in [-0.2, 0) is 30.3 Å². The molecule has 10 nitrogen and oxygen atoms in total. The Balaban J connectivity index is 1.77. The van der Waals surface area contributed by atoms with E-state index in [4.69, 9.17) is 29.2 Å². The average molecular weight is 406 g/mol. The average Bonchev–Trinajstić information content (AvgIpc) is 3.02. The van der Waals surface area contributed by atoms with E-state index in [1.165, 1.54) is 6.92 Å². The SMILES string of the molecule is COc1ccc(CO[C@H]2O[C@H](CNC(C)=O)[C@@H]3OC(C)(C)O[C@@H]3[C@H]2N=[N+]=[N-])cc1. The number of amides is 1. The van der Waals surface area contributed by atoms with Crippen molar-refractivity contribution in [3.05, 3.63) is 40.3 Å². The van der Waals surface area contributed by atoms with Crippen LogP contribution < -0.4 is 10.1 Å². The van der Waals surface area contributed by atoms with Crippen LogP contribution in [-0.4, -0.2) is 56.0 Å². The predicted octanol–water partition coefficient (Wildman–Crippen LogP) is 2.27. The van der Waals surface area contributed by atoms with Gasteiger partial charge in [-0.25, -0.2) is 0 Å². The largest absolute Gasteiger partial charge is 0.497 e. The first-order chi connectivity index (χ1) is 13.8. The molecule has 0 radical (unpaired) electrons. The van der Waals surface area contributed by atoms with Crippen molar-refractivity contribution in [1.82, 2.24) is 5.32 Å². The van der Waals surface area contributed by atoms with Gasteiger partial charge < -0.3 is 29.0 Å².